The lowest BCUT2D eigenvalue weighted by molar-refractivity contribution is -0.147. The van der Waals surface area contributed by atoms with Gasteiger partial charge in [0.05, 0.1) is 11.8 Å². The van der Waals surface area contributed by atoms with Crippen molar-refractivity contribution in [1.82, 2.24) is 10.2 Å². The number of rotatable bonds is 7. The van der Waals surface area contributed by atoms with Gasteiger partial charge in [-0.3, -0.25) is 14.5 Å². The van der Waals surface area contributed by atoms with Crippen LogP contribution in [0.4, 0.5) is 0 Å². The van der Waals surface area contributed by atoms with Crippen molar-refractivity contribution in [3.63, 3.8) is 0 Å². The molecule has 112 valence electrons. The molecule has 2 atom stereocenters. The third kappa shape index (κ3) is 3.82. The minimum atomic E-state index is -0.873. The molecule has 2 rings (SSSR count). The highest BCUT2D eigenvalue weighted by molar-refractivity contribution is 5.85. The largest absolute Gasteiger partial charge is 0.481 e. The summed E-state index contributed by atoms with van der Waals surface area (Å²) in [7, 11) is 0. The summed E-state index contributed by atoms with van der Waals surface area (Å²) in [6.45, 7) is 4.60. The summed E-state index contributed by atoms with van der Waals surface area (Å²) >= 11 is 0. The smallest absolute Gasteiger partial charge is 0.307 e. The topological polar surface area (TPSA) is 69.6 Å². The monoisotopic (exact) mass is 280 g/mol. The van der Waals surface area contributed by atoms with E-state index in [9.17, 15) is 9.59 Å². The Hall–Kier alpha value is -1.36. The average Bonchev–Trinajstić information content (AvgIpc) is 3.28. The number of nitrogens with zero attached hydrogens (tertiary/aromatic N) is 1. The molecule has 0 saturated heterocycles. The molecule has 0 bridgehead atoms. The fraction of sp³-hybridized carbons (Fsp3) is 0.733. The van der Waals surface area contributed by atoms with Crippen LogP contribution in [0.25, 0.3) is 0 Å². The third-order valence-corrected chi connectivity index (χ3v) is 4.25. The van der Waals surface area contributed by atoms with E-state index < -0.39 is 17.8 Å². The van der Waals surface area contributed by atoms with E-state index in [2.05, 4.69) is 17.1 Å². The zero-order valence-corrected chi connectivity index (χ0v) is 12.0. The first-order valence-electron chi connectivity index (χ1n) is 7.53. The second-order valence-corrected chi connectivity index (χ2v) is 5.64. The van der Waals surface area contributed by atoms with Gasteiger partial charge in [-0.1, -0.05) is 19.1 Å². The first-order chi connectivity index (χ1) is 9.63. The number of carbonyl (C=O) groups excluding carboxylic acids is 1. The van der Waals surface area contributed by atoms with E-state index in [0.29, 0.717) is 25.4 Å². The number of aliphatic carboxylic acids is 1. The van der Waals surface area contributed by atoms with Gasteiger partial charge in [0.25, 0.3) is 0 Å². The summed E-state index contributed by atoms with van der Waals surface area (Å²) in [4.78, 5) is 25.7. The fourth-order valence-electron chi connectivity index (χ4n) is 2.87. The predicted molar refractivity (Wildman–Crippen MR) is 76.3 cm³/mol. The lowest BCUT2D eigenvalue weighted by Crippen LogP contribution is -2.42. The third-order valence-electron chi connectivity index (χ3n) is 4.25. The van der Waals surface area contributed by atoms with E-state index in [-0.39, 0.29) is 5.91 Å². The fourth-order valence-corrected chi connectivity index (χ4v) is 2.87. The molecular weight excluding hydrogens is 256 g/mol. The van der Waals surface area contributed by atoms with E-state index in [4.69, 9.17) is 5.11 Å². The van der Waals surface area contributed by atoms with Crippen molar-refractivity contribution >= 4 is 11.9 Å². The normalized spacial score (nSPS) is 25.7. The molecule has 0 aromatic carbocycles. The highest BCUT2D eigenvalue weighted by Gasteiger charge is 2.34. The van der Waals surface area contributed by atoms with Gasteiger partial charge in [0.1, 0.15) is 0 Å². The van der Waals surface area contributed by atoms with Gasteiger partial charge in [0, 0.05) is 19.1 Å². The van der Waals surface area contributed by atoms with Crippen LogP contribution in [0.2, 0.25) is 0 Å². The van der Waals surface area contributed by atoms with Crippen molar-refractivity contribution in [3.05, 3.63) is 12.2 Å². The van der Waals surface area contributed by atoms with Crippen LogP contribution >= 0.6 is 0 Å². The maximum absolute atomic E-state index is 12.1. The number of amides is 1. The molecule has 0 radical (unpaired) electrons. The molecule has 0 spiro atoms. The standard InChI is InChI=1S/C15H24N2O3/c1-2-17(11-7-8-11)10-9-16-14(18)12-5-3-4-6-13(12)15(19)20/h3-4,11-13H,2,5-10H2,1H3,(H,16,18)(H,19,20)/t12-,13+/m1/s1. The van der Waals surface area contributed by atoms with Crippen molar-refractivity contribution in [2.45, 2.75) is 38.6 Å². The maximum Gasteiger partial charge on any atom is 0.307 e. The second kappa shape index (κ2) is 6.88. The molecule has 1 saturated carbocycles. The Labute approximate surface area is 120 Å². The quantitative estimate of drug-likeness (QED) is 0.689. The SMILES string of the molecule is CCN(CCNC(=O)[C@@H]1CC=CC[C@@H]1C(=O)O)C1CC1. The number of hydrogen-bond donors (Lipinski definition) is 2. The summed E-state index contributed by atoms with van der Waals surface area (Å²) in [5.41, 5.74) is 0. The Morgan fingerprint density at radius 3 is 2.45 bits per heavy atom. The van der Waals surface area contributed by atoms with Gasteiger partial charge < -0.3 is 10.4 Å². The first-order valence-corrected chi connectivity index (χ1v) is 7.53. The number of likely N-dealkylation sites (N-methyl/N-ethyl adjacent to an activating group) is 1. The van der Waals surface area contributed by atoms with Gasteiger partial charge in [-0.25, -0.2) is 0 Å². The van der Waals surface area contributed by atoms with E-state index in [0.717, 1.165) is 13.1 Å². The molecule has 2 N–H and O–H groups in total. The number of allylic oxidation sites excluding steroid dienone is 2. The van der Waals surface area contributed by atoms with Gasteiger partial charge in [0.2, 0.25) is 5.91 Å². The Morgan fingerprint density at radius 1 is 1.25 bits per heavy atom. The van der Waals surface area contributed by atoms with Crippen LogP contribution in [0.5, 0.6) is 0 Å². The van der Waals surface area contributed by atoms with Crippen LogP contribution in [0.15, 0.2) is 12.2 Å². The summed E-state index contributed by atoms with van der Waals surface area (Å²) in [5, 5.41) is 12.1. The molecule has 5 nitrogen and oxygen atoms in total. The molecule has 1 amide bonds. The molecule has 0 aliphatic heterocycles. The summed E-state index contributed by atoms with van der Waals surface area (Å²) in [5.74, 6) is -1.99. The number of nitrogens with one attached hydrogen (secondary N) is 1. The molecule has 0 unspecified atom stereocenters. The zero-order valence-electron chi connectivity index (χ0n) is 12.0. The lowest BCUT2D eigenvalue weighted by atomic mass is 9.82. The number of carboxylic acids is 1. The molecule has 2 aliphatic rings. The Balaban J connectivity index is 1.78. The van der Waals surface area contributed by atoms with Crippen LogP contribution in [0.3, 0.4) is 0 Å². The first kappa shape index (κ1) is 15.0. The van der Waals surface area contributed by atoms with E-state index in [1.54, 1.807) is 0 Å². The Kier molecular flexibility index (Phi) is 5.17. The van der Waals surface area contributed by atoms with Crippen LogP contribution in [-0.2, 0) is 9.59 Å². The summed E-state index contributed by atoms with van der Waals surface area (Å²) < 4.78 is 0. The van der Waals surface area contributed by atoms with Crippen LogP contribution in [0, 0.1) is 11.8 Å². The molecule has 0 heterocycles. The molecule has 0 aromatic heterocycles. The van der Waals surface area contributed by atoms with Crippen molar-refractivity contribution in [1.29, 1.82) is 0 Å². The molecule has 5 heteroatoms. The van der Waals surface area contributed by atoms with E-state index in [1.807, 2.05) is 12.2 Å². The second-order valence-electron chi connectivity index (χ2n) is 5.64. The van der Waals surface area contributed by atoms with Crippen molar-refractivity contribution in [3.8, 4) is 0 Å². The molecule has 20 heavy (non-hydrogen) atoms. The summed E-state index contributed by atoms with van der Waals surface area (Å²) in [6, 6.07) is 0.696. The molecule has 0 aromatic rings. The van der Waals surface area contributed by atoms with Crippen molar-refractivity contribution in [2.24, 2.45) is 11.8 Å². The van der Waals surface area contributed by atoms with Gasteiger partial charge in [-0.2, -0.15) is 0 Å². The minimum Gasteiger partial charge on any atom is -0.481 e. The van der Waals surface area contributed by atoms with Gasteiger partial charge in [-0.15, -0.1) is 0 Å². The van der Waals surface area contributed by atoms with Crippen molar-refractivity contribution < 1.29 is 14.7 Å². The average molecular weight is 280 g/mol. The Bertz CT molecular complexity index is 391. The number of carbonyl (C=O) groups is 2. The molecule has 1 fully saturated rings. The van der Waals surface area contributed by atoms with Crippen LogP contribution in [-0.4, -0.2) is 47.6 Å². The minimum absolute atomic E-state index is 0.117. The van der Waals surface area contributed by atoms with E-state index >= 15 is 0 Å². The summed E-state index contributed by atoms with van der Waals surface area (Å²) in [6.07, 6.45) is 7.27. The number of carboxylic acid groups (broad SMARTS) is 1. The Morgan fingerprint density at radius 2 is 1.90 bits per heavy atom. The highest BCUT2D eigenvalue weighted by Crippen LogP contribution is 2.27. The van der Waals surface area contributed by atoms with Gasteiger partial charge >= 0.3 is 5.97 Å². The molecule has 2 aliphatic carbocycles. The molecular formula is C15H24N2O3. The number of hydrogen-bond acceptors (Lipinski definition) is 3. The van der Waals surface area contributed by atoms with Crippen LogP contribution < -0.4 is 5.32 Å². The van der Waals surface area contributed by atoms with Crippen molar-refractivity contribution in [2.75, 3.05) is 19.6 Å². The van der Waals surface area contributed by atoms with Crippen LogP contribution in [0.1, 0.15) is 32.6 Å². The maximum atomic E-state index is 12.1. The van der Waals surface area contributed by atoms with Gasteiger partial charge in [0.15, 0.2) is 0 Å². The highest BCUT2D eigenvalue weighted by atomic mass is 16.4. The van der Waals surface area contributed by atoms with Gasteiger partial charge in [-0.05, 0) is 32.2 Å². The zero-order chi connectivity index (χ0) is 14.5. The predicted octanol–water partition coefficient (Wildman–Crippen LogP) is 1.25. The van der Waals surface area contributed by atoms with E-state index in [1.165, 1.54) is 12.8 Å². The lowest BCUT2D eigenvalue weighted by Gasteiger charge is -2.25.